The molecule has 1 aliphatic rings. The third-order valence-electron chi connectivity index (χ3n) is 7.65. The monoisotopic (exact) mass is 589 g/mol. The van der Waals surface area contributed by atoms with E-state index >= 15 is 0 Å². The molecule has 9 heteroatoms. The average molecular weight is 590 g/mol. The van der Waals surface area contributed by atoms with Crippen LogP contribution in [0, 0.1) is 5.92 Å². The van der Waals surface area contributed by atoms with Crippen molar-refractivity contribution in [2.24, 2.45) is 11.7 Å². The number of carbonyl (C=O) groups is 3. The van der Waals surface area contributed by atoms with Crippen LogP contribution in [0.3, 0.4) is 0 Å². The number of ketones is 1. The maximum absolute atomic E-state index is 13.9. The van der Waals surface area contributed by atoms with Gasteiger partial charge in [-0.3, -0.25) is 14.4 Å². The van der Waals surface area contributed by atoms with Crippen LogP contribution in [0.15, 0.2) is 73.2 Å². The molecule has 1 saturated carbocycles. The molecule has 1 fully saturated rings. The Bertz CT molecular complexity index is 1300. The normalized spacial score (nSPS) is 15.7. The van der Waals surface area contributed by atoms with Crippen molar-refractivity contribution >= 4 is 23.4 Å². The third kappa shape index (κ3) is 9.86. The number of nitrogens with zero attached hydrogens (tertiary/aromatic N) is 2. The van der Waals surface area contributed by atoms with Crippen LogP contribution in [0.1, 0.15) is 83.4 Å². The van der Waals surface area contributed by atoms with Gasteiger partial charge in [-0.2, -0.15) is 0 Å². The first-order chi connectivity index (χ1) is 20.2. The fourth-order valence-corrected chi connectivity index (χ4v) is 5.23. The Balaban J connectivity index is 0.00000506. The van der Waals surface area contributed by atoms with E-state index in [0.29, 0.717) is 0 Å². The summed E-state index contributed by atoms with van der Waals surface area (Å²) in [6, 6.07) is 17.7. The number of nitrogens with one attached hydrogen (secondary N) is 2. The molecule has 4 rings (SSSR count). The largest absolute Gasteiger partial charge is 0.374 e. The second-order valence-corrected chi connectivity index (χ2v) is 11.7. The average Bonchev–Trinajstić information content (AvgIpc) is 3.40. The number of ether oxygens (including phenoxy) is 1. The van der Waals surface area contributed by atoms with Crippen molar-refractivity contribution in [2.75, 3.05) is 11.9 Å². The molecule has 232 valence electrons. The van der Waals surface area contributed by atoms with E-state index in [1.165, 1.54) is 6.42 Å². The number of Topliss-reactive ketones (excluding diaryl/α,β-unsaturated/α-hetero) is 1. The van der Waals surface area contributed by atoms with Gasteiger partial charge >= 0.3 is 0 Å². The number of hydrogen-bond acceptors (Lipinski definition) is 6. The first-order valence-corrected chi connectivity index (χ1v) is 14.9. The van der Waals surface area contributed by atoms with Gasteiger partial charge in [0, 0.05) is 12.1 Å². The standard InChI is InChI=1S/C33H43N5O4.CH4/c1-33(2,34)32(41)36-27(22-42-21-24-14-8-6-9-15-24)31(40)37-28-20-38(23-35-28)29(25-16-12-7-13-17-25)30(39)26-18-10-4-3-5-11-19-26;/h6-9,12-17,20,23,26-27,29H,3-5,10-11,18-19,21-22,34H2,1-2H3,(H,36,41)(H,37,40);1H4/t27-,29?;/m1./s1. The summed E-state index contributed by atoms with van der Waals surface area (Å²) in [5.41, 5.74) is 6.61. The topological polar surface area (TPSA) is 128 Å². The van der Waals surface area contributed by atoms with Crippen molar-refractivity contribution in [1.29, 1.82) is 0 Å². The van der Waals surface area contributed by atoms with E-state index in [1.807, 2.05) is 60.7 Å². The minimum Gasteiger partial charge on any atom is -0.374 e. The molecule has 0 saturated heterocycles. The first kappa shape index (κ1) is 33.7. The number of imidazole rings is 1. The number of nitrogens with two attached hydrogens (primary N) is 1. The number of anilines is 1. The number of rotatable bonds is 12. The molecule has 2 atom stereocenters. The summed E-state index contributed by atoms with van der Waals surface area (Å²) in [6.07, 6.45) is 10.7. The Labute approximate surface area is 255 Å². The van der Waals surface area contributed by atoms with E-state index < -0.39 is 29.4 Å². The summed E-state index contributed by atoms with van der Waals surface area (Å²) in [6.45, 7) is 3.36. The van der Waals surface area contributed by atoms with E-state index in [-0.39, 0.29) is 38.2 Å². The van der Waals surface area contributed by atoms with Crippen LogP contribution in [0.5, 0.6) is 0 Å². The molecule has 0 bridgehead atoms. The van der Waals surface area contributed by atoms with E-state index in [9.17, 15) is 14.4 Å². The van der Waals surface area contributed by atoms with Crippen molar-refractivity contribution in [3.63, 3.8) is 0 Å². The van der Waals surface area contributed by atoms with Gasteiger partial charge in [0.15, 0.2) is 11.6 Å². The summed E-state index contributed by atoms with van der Waals surface area (Å²) in [5.74, 6) is -0.542. The van der Waals surface area contributed by atoms with Gasteiger partial charge in [0.05, 0.1) is 25.1 Å². The highest BCUT2D eigenvalue weighted by atomic mass is 16.5. The predicted octanol–water partition coefficient (Wildman–Crippen LogP) is 5.42. The highest BCUT2D eigenvalue weighted by Crippen LogP contribution is 2.30. The van der Waals surface area contributed by atoms with E-state index in [0.717, 1.165) is 49.7 Å². The fraction of sp³-hybridized carbons (Fsp3) is 0.471. The third-order valence-corrected chi connectivity index (χ3v) is 7.65. The maximum atomic E-state index is 13.9. The van der Waals surface area contributed by atoms with Crippen molar-refractivity contribution in [3.8, 4) is 0 Å². The zero-order chi connectivity index (χ0) is 30.0. The minimum atomic E-state index is -1.18. The van der Waals surface area contributed by atoms with E-state index in [2.05, 4.69) is 15.6 Å². The molecule has 0 spiro atoms. The quantitative estimate of drug-likeness (QED) is 0.259. The fourth-order valence-electron chi connectivity index (χ4n) is 5.23. The molecule has 2 amide bonds. The molecule has 1 aromatic heterocycles. The second kappa shape index (κ2) is 16.1. The van der Waals surface area contributed by atoms with Crippen LogP contribution in [0.2, 0.25) is 0 Å². The van der Waals surface area contributed by atoms with Gasteiger partial charge in [-0.15, -0.1) is 0 Å². The summed E-state index contributed by atoms with van der Waals surface area (Å²) in [4.78, 5) is 44.4. The Morgan fingerprint density at radius 1 is 0.977 bits per heavy atom. The van der Waals surface area contributed by atoms with Crippen molar-refractivity contribution < 1.29 is 19.1 Å². The molecule has 2 aromatic carbocycles. The summed E-state index contributed by atoms with van der Waals surface area (Å²) in [5, 5.41) is 5.49. The molecule has 43 heavy (non-hydrogen) atoms. The zero-order valence-electron chi connectivity index (χ0n) is 24.6. The molecule has 1 heterocycles. The van der Waals surface area contributed by atoms with Gasteiger partial charge in [-0.05, 0) is 37.8 Å². The number of hydrogen-bond donors (Lipinski definition) is 3. The summed E-state index contributed by atoms with van der Waals surface area (Å²) >= 11 is 0. The number of amides is 2. The lowest BCUT2D eigenvalue weighted by atomic mass is 9.84. The number of carbonyl (C=O) groups excluding carboxylic acids is 3. The molecular weight excluding hydrogens is 542 g/mol. The predicted molar refractivity (Wildman–Crippen MR) is 169 cm³/mol. The van der Waals surface area contributed by atoms with E-state index in [4.69, 9.17) is 10.5 Å². The number of benzene rings is 2. The van der Waals surface area contributed by atoms with Crippen LogP contribution in [-0.4, -0.2) is 45.3 Å². The van der Waals surface area contributed by atoms with Crippen LogP contribution in [0.25, 0.3) is 0 Å². The van der Waals surface area contributed by atoms with E-state index in [1.54, 1.807) is 30.9 Å². The van der Waals surface area contributed by atoms with Gasteiger partial charge in [0.25, 0.3) is 5.91 Å². The Kier molecular flexibility index (Phi) is 12.6. The highest BCUT2D eigenvalue weighted by Gasteiger charge is 2.31. The van der Waals surface area contributed by atoms with Crippen molar-refractivity contribution in [2.45, 2.75) is 90.4 Å². The van der Waals surface area contributed by atoms with Crippen LogP contribution >= 0.6 is 0 Å². The van der Waals surface area contributed by atoms with Crippen molar-refractivity contribution in [1.82, 2.24) is 14.9 Å². The Morgan fingerprint density at radius 3 is 2.21 bits per heavy atom. The molecule has 9 nitrogen and oxygen atoms in total. The van der Waals surface area contributed by atoms with Gasteiger partial charge in [-0.1, -0.05) is 100 Å². The van der Waals surface area contributed by atoms with Gasteiger partial charge in [0.1, 0.15) is 12.1 Å². The van der Waals surface area contributed by atoms with Crippen LogP contribution < -0.4 is 16.4 Å². The second-order valence-electron chi connectivity index (χ2n) is 11.7. The van der Waals surface area contributed by atoms with Gasteiger partial charge in [0.2, 0.25) is 5.91 Å². The molecule has 4 N–H and O–H groups in total. The summed E-state index contributed by atoms with van der Waals surface area (Å²) < 4.78 is 7.56. The summed E-state index contributed by atoms with van der Waals surface area (Å²) in [7, 11) is 0. The first-order valence-electron chi connectivity index (χ1n) is 14.9. The Hall–Kier alpha value is -3.82. The maximum Gasteiger partial charge on any atom is 0.250 e. The Morgan fingerprint density at radius 2 is 1.58 bits per heavy atom. The smallest absolute Gasteiger partial charge is 0.250 e. The van der Waals surface area contributed by atoms with Gasteiger partial charge in [-0.25, -0.2) is 4.98 Å². The SMILES string of the molecule is C.CC(C)(N)C(=O)N[C@H](COCc1ccccc1)C(=O)Nc1cn(C(C(=O)C2CCCCCCC2)c2ccccc2)cn1. The molecular formula is C34H47N5O4. The molecule has 1 aliphatic carbocycles. The van der Waals surface area contributed by atoms with Crippen LogP contribution in [-0.2, 0) is 25.7 Å². The highest BCUT2D eigenvalue weighted by molar-refractivity contribution is 5.98. The molecule has 3 aromatic rings. The van der Waals surface area contributed by atoms with Gasteiger partial charge < -0.3 is 25.7 Å². The lowest BCUT2D eigenvalue weighted by molar-refractivity contribution is -0.130. The van der Waals surface area contributed by atoms with Crippen molar-refractivity contribution in [3.05, 3.63) is 84.3 Å². The zero-order valence-corrected chi connectivity index (χ0v) is 24.6. The van der Waals surface area contributed by atoms with Crippen LogP contribution in [0.4, 0.5) is 5.82 Å². The number of aromatic nitrogens is 2. The molecule has 0 aliphatic heterocycles. The molecule has 1 unspecified atom stereocenters. The minimum absolute atomic E-state index is 0. The molecule has 0 radical (unpaired) electrons. The lowest BCUT2D eigenvalue weighted by Crippen LogP contribution is -2.56. The lowest BCUT2D eigenvalue weighted by Gasteiger charge is -2.25.